The van der Waals surface area contributed by atoms with Gasteiger partial charge in [-0.1, -0.05) is 17.7 Å². The highest BCUT2D eigenvalue weighted by Gasteiger charge is 2.17. The van der Waals surface area contributed by atoms with Gasteiger partial charge in [0.1, 0.15) is 5.75 Å². The number of rotatable bonds is 3. The maximum Gasteiger partial charge on any atom is 0.274 e. The number of pyridine rings is 1. The second kappa shape index (κ2) is 5.50. The molecule has 0 saturated heterocycles. The summed E-state index contributed by atoms with van der Waals surface area (Å²) in [6, 6.07) is 10.9. The number of nitro benzene ring substituents is 1. The molecule has 0 spiro atoms. The second-order valence-electron chi connectivity index (χ2n) is 4.49. The van der Waals surface area contributed by atoms with E-state index in [1.165, 1.54) is 0 Å². The Morgan fingerprint density at radius 1 is 1.23 bits per heavy atom. The molecule has 3 rings (SSSR count). The van der Waals surface area contributed by atoms with E-state index in [0.717, 1.165) is 23.0 Å². The van der Waals surface area contributed by atoms with Crippen molar-refractivity contribution < 1.29 is 14.8 Å². The number of halogens is 1. The van der Waals surface area contributed by atoms with Gasteiger partial charge in [-0.2, -0.15) is 0 Å². The fourth-order valence-electron chi connectivity index (χ4n) is 2.01. The number of hydrogen-bond donors (Lipinski definition) is 1. The largest absolute Gasteiger partial charge is 0.504 e. The average Bonchev–Trinajstić information content (AvgIpc) is 2.50. The smallest absolute Gasteiger partial charge is 0.274 e. The minimum atomic E-state index is -0.642. The summed E-state index contributed by atoms with van der Waals surface area (Å²) in [5.41, 5.74) is 0.492. The molecule has 0 unspecified atom stereocenters. The molecular formula is C15H9ClN2O4. The summed E-state index contributed by atoms with van der Waals surface area (Å²) in [5, 5.41) is 21.4. The van der Waals surface area contributed by atoms with E-state index in [1.54, 1.807) is 30.5 Å². The van der Waals surface area contributed by atoms with Gasteiger partial charge in [0.15, 0.2) is 11.5 Å². The van der Waals surface area contributed by atoms with Crippen LogP contribution in [-0.2, 0) is 0 Å². The lowest BCUT2D eigenvalue weighted by molar-refractivity contribution is -0.384. The Bertz CT molecular complexity index is 859. The van der Waals surface area contributed by atoms with Crippen molar-refractivity contribution in [3.05, 3.63) is 63.8 Å². The Kier molecular flexibility index (Phi) is 3.52. The summed E-state index contributed by atoms with van der Waals surface area (Å²) < 4.78 is 5.55. The molecular weight excluding hydrogens is 308 g/mol. The van der Waals surface area contributed by atoms with Gasteiger partial charge < -0.3 is 9.84 Å². The zero-order chi connectivity index (χ0) is 15.7. The lowest BCUT2D eigenvalue weighted by atomic mass is 10.2. The van der Waals surface area contributed by atoms with Crippen LogP contribution in [0, 0.1) is 10.1 Å². The standard InChI is InChI=1S/C15H9ClN2O4/c16-12-7-10(18(20)21)8-14(19)15(12)22-11-3-4-13-9(6-11)2-1-5-17-13/h1-8,19H. The fraction of sp³-hybridized carbons (Fsp3) is 0. The summed E-state index contributed by atoms with van der Waals surface area (Å²) >= 11 is 5.95. The van der Waals surface area contributed by atoms with Gasteiger partial charge in [0.05, 0.1) is 21.5 Å². The summed E-state index contributed by atoms with van der Waals surface area (Å²) in [4.78, 5) is 14.3. The number of ether oxygens (including phenoxy) is 1. The van der Waals surface area contributed by atoms with Crippen molar-refractivity contribution in [2.24, 2.45) is 0 Å². The van der Waals surface area contributed by atoms with E-state index in [9.17, 15) is 15.2 Å². The van der Waals surface area contributed by atoms with Crippen molar-refractivity contribution in [3.8, 4) is 17.2 Å². The topological polar surface area (TPSA) is 85.5 Å². The molecule has 0 aliphatic heterocycles. The van der Waals surface area contributed by atoms with E-state index in [0.29, 0.717) is 5.75 Å². The zero-order valence-electron chi connectivity index (χ0n) is 11.1. The number of phenolic OH excluding ortho intramolecular Hbond substituents is 1. The molecule has 110 valence electrons. The van der Waals surface area contributed by atoms with Crippen LogP contribution >= 0.6 is 11.6 Å². The Hall–Kier alpha value is -2.86. The van der Waals surface area contributed by atoms with Crippen molar-refractivity contribution in [3.63, 3.8) is 0 Å². The third-order valence-corrected chi connectivity index (χ3v) is 3.29. The van der Waals surface area contributed by atoms with Crippen LogP contribution in [0.3, 0.4) is 0 Å². The third-order valence-electron chi connectivity index (χ3n) is 3.01. The molecule has 1 aromatic heterocycles. The number of hydrogen-bond acceptors (Lipinski definition) is 5. The number of nitrogens with zero attached hydrogens (tertiary/aromatic N) is 2. The lowest BCUT2D eigenvalue weighted by Crippen LogP contribution is -1.91. The van der Waals surface area contributed by atoms with E-state index >= 15 is 0 Å². The maximum atomic E-state index is 10.7. The molecule has 7 heteroatoms. The number of nitro groups is 1. The van der Waals surface area contributed by atoms with Crippen molar-refractivity contribution >= 4 is 28.2 Å². The van der Waals surface area contributed by atoms with Crippen LogP contribution in [0.5, 0.6) is 17.2 Å². The summed E-state index contributed by atoms with van der Waals surface area (Å²) in [6.07, 6.45) is 1.68. The molecule has 3 aromatic rings. The van der Waals surface area contributed by atoms with Crippen molar-refractivity contribution in [2.75, 3.05) is 0 Å². The van der Waals surface area contributed by atoms with Gasteiger partial charge in [0.2, 0.25) is 0 Å². The first-order chi connectivity index (χ1) is 10.5. The number of benzene rings is 2. The Balaban J connectivity index is 1.99. The molecule has 0 bridgehead atoms. The molecule has 1 N–H and O–H groups in total. The number of non-ortho nitro benzene ring substituents is 1. The van der Waals surface area contributed by atoms with Crippen molar-refractivity contribution in [1.82, 2.24) is 4.98 Å². The van der Waals surface area contributed by atoms with E-state index in [1.807, 2.05) is 6.07 Å². The van der Waals surface area contributed by atoms with Crippen LogP contribution in [0.2, 0.25) is 5.02 Å². The highest BCUT2D eigenvalue weighted by Crippen LogP contribution is 2.40. The molecule has 22 heavy (non-hydrogen) atoms. The first kappa shape index (κ1) is 14.1. The molecule has 6 nitrogen and oxygen atoms in total. The predicted molar refractivity (Wildman–Crippen MR) is 81.6 cm³/mol. The molecule has 0 aliphatic rings. The van der Waals surface area contributed by atoms with Gasteiger partial charge in [-0.15, -0.1) is 0 Å². The first-order valence-electron chi connectivity index (χ1n) is 6.24. The van der Waals surface area contributed by atoms with E-state index in [-0.39, 0.29) is 16.5 Å². The molecule has 2 aromatic carbocycles. The number of aromatic nitrogens is 1. The zero-order valence-corrected chi connectivity index (χ0v) is 11.8. The van der Waals surface area contributed by atoms with Crippen molar-refractivity contribution in [1.29, 1.82) is 0 Å². The minimum absolute atomic E-state index is 0.0319. The maximum absolute atomic E-state index is 10.7. The first-order valence-corrected chi connectivity index (χ1v) is 6.62. The van der Waals surface area contributed by atoms with Gasteiger partial charge >= 0.3 is 0 Å². The van der Waals surface area contributed by atoms with Crippen LogP contribution < -0.4 is 4.74 Å². The van der Waals surface area contributed by atoms with Crippen LogP contribution in [0.1, 0.15) is 0 Å². The summed E-state index contributed by atoms with van der Waals surface area (Å²) in [7, 11) is 0. The normalized spacial score (nSPS) is 10.6. The quantitative estimate of drug-likeness (QED) is 0.575. The van der Waals surface area contributed by atoms with Crippen LogP contribution in [-0.4, -0.2) is 15.0 Å². The molecule has 0 radical (unpaired) electrons. The number of fused-ring (bicyclic) bond motifs is 1. The Morgan fingerprint density at radius 3 is 2.77 bits per heavy atom. The van der Waals surface area contributed by atoms with Crippen LogP contribution in [0.15, 0.2) is 48.7 Å². The van der Waals surface area contributed by atoms with E-state index < -0.39 is 10.7 Å². The number of aromatic hydroxyl groups is 1. The monoisotopic (exact) mass is 316 g/mol. The molecule has 0 amide bonds. The van der Waals surface area contributed by atoms with Crippen LogP contribution in [0.4, 0.5) is 5.69 Å². The molecule has 0 atom stereocenters. The minimum Gasteiger partial charge on any atom is -0.504 e. The fourth-order valence-corrected chi connectivity index (χ4v) is 2.25. The second-order valence-corrected chi connectivity index (χ2v) is 4.90. The SMILES string of the molecule is O=[N+]([O-])c1cc(O)c(Oc2ccc3ncccc3c2)c(Cl)c1. The predicted octanol–water partition coefficient (Wildman–Crippen LogP) is 4.29. The summed E-state index contributed by atoms with van der Waals surface area (Å²) in [6.45, 7) is 0. The van der Waals surface area contributed by atoms with Gasteiger partial charge in [-0.05, 0) is 24.3 Å². The lowest BCUT2D eigenvalue weighted by Gasteiger charge is -2.10. The Labute approximate surface area is 129 Å². The molecule has 1 heterocycles. The van der Waals surface area contributed by atoms with E-state index in [2.05, 4.69) is 4.98 Å². The summed E-state index contributed by atoms with van der Waals surface area (Å²) in [5.74, 6) is 0.00698. The number of phenols is 1. The van der Waals surface area contributed by atoms with Gasteiger partial charge in [-0.25, -0.2) is 0 Å². The average molecular weight is 317 g/mol. The Morgan fingerprint density at radius 2 is 2.05 bits per heavy atom. The van der Waals surface area contributed by atoms with Crippen molar-refractivity contribution in [2.45, 2.75) is 0 Å². The van der Waals surface area contributed by atoms with Gasteiger partial charge in [0, 0.05) is 17.6 Å². The third kappa shape index (κ3) is 2.64. The molecule has 0 aliphatic carbocycles. The van der Waals surface area contributed by atoms with E-state index in [4.69, 9.17) is 16.3 Å². The van der Waals surface area contributed by atoms with Gasteiger partial charge in [0.25, 0.3) is 5.69 Å². The molecule has 0 fully saturated rings. The molecule has 0 saturated carbocycles. The highest BCUT2D eigenvalue weighted by atomic mass is 35.5. The van der Waals surface area contributed by atoms with Gasteiger partial charge in [-0.3, -0.25) is 15.1 Å². The highest BCUT2D eigenvalue weighted by molar-refractivity contribution is 6.32. The van der Waals surface area contributed by atoms with Crippen LogP contribution in [0.25, 0.3) is 10.9 Å².